The maximum absolute atomic E-state index is 13.2. The van der Waals surface area contributed by atoms with E-state index in [1.807, 2.05) is 0 Å². The average molecular weight is 402 g/mol. The summed E-state index contributed by atoms with van der Waals surface area (Å²) in [5.41, 5.74) is 0.226. The number of nitrogens with one attached hydrogen (secondary N) is 1. The van der Waals surface area contributed by atoms with Gasteiger partial charge in [-0.05, 0) is 18.6 Å². The molecule has 0 saturated carbocycles. The number of rotatable bonds is 4. The van der Waals surface area contributed by atoms with E-state index in [4.69, 9.17) is 0 Å². The van der Waals surface area contributed by atoms with Crippen molar-refractivity contribution in [3.63, 3.8) is 0 Å². The Morgan fingerprint density at radius 3 is 2.73 bits per heavy atom. The minimum Gasteiger partial charge on any atom is -0.337 e. The molecule has 1 aromatic carbocycles. The van der Waals surface area contributed by atoms with Crippen molar-refractivity contribution in [3.8, 4) is 0 Å². The van der Waals surface area contributed by atoms with Crippen LogP contribution in [0.2, 0.25) is 0 Å². The maximum atomic E-state index is 13.2. The molecule has 0 amide bonds. The van der Waals surface area contributed by atoms with E-state index in [2.05, 4.69) is 10.3 Å². The first-order chi connectivity index (χ1) is 11.8. The highest BCUT2D eigenvalue weighted by Crippen LogP contribution is 2.32. The van der Waals surface area contributed by atoms with Crippen molar-refractivity contribution in [2.75, 3.05) is 19.6 Å². The standard InChI is InChI=1S/C15H19N5O4S.ClH/c1-11-3-4-14(12(9-11)20(21)22)25(23,24)19-8-5-16-10-13(19)15-17-6-7-18(15)2;/h3-4,6-7,9,13,16H,5,8,10H2,1-2H3;1H. The molecule has 0 aliphatic carbocycles. The number of imidazole rings is 1. The minimum absolute atomic E-state index is 0. The summed E-state index contributed by atoms with van der Waals surface area (Å²) in [6, 6.07) is 3.63. The molecule has 142 valence electrons. The van der Waals surface area contributed by atoms with Crippen LogP contribution >= 0.6 is 12.4 Å². The van der Waals surface area contributed by atoms with Crippen molar-refractivity contribution >= 4 is 28.1 Å². The van der Waals surface area contributed by atoms with Gasteiger partial charge in [-0.1, -0.05) is 6.07 Å². The van der Waals surface area contributed by atoms with Crippen LogP contribution in [0.1, 0.15) is 17.4 Å². The summed E-state index contributed by atoms with van der Waals surface area (Å²) in [6.45, 7) is 2.76. The van der Waals surface area contributed by atoms with Crippen molar-refractivity contribution in [1.29, 1.82) is 0 Å². The molecule has 11 heteroatoms. The van der Waals surface area contributed by atoms with Gasteiger partial charge in [0.25, 0.3) is 15.7 Å². The van der Waals surface area contributed by atoms with E-state index in [0.29, 0.717) is 24.5 Å². The summed E-state index contributed by atoms with van der Waals surface area (Å²) in [4.78, 5) is 14.7. The number of piperazine rings is 1. The second kappa shape index (κ2) is 7.70. The number of hydrogen-bond acceptors (Lipinski definition) is 6. The van der Waals surface area contributed by atoms with Crippen molar-refractivity contribution in [2.45, 2.75) is 17.9 Å². The normalized spacial score (nSPS) is 18.3. The molecule has 9 nitrogen and oxygen atoms in total. The molecule has 2 aromatic rings. The molecule has 0 radical (unpaired) electrons. The van der Waals surface area contributed by atoms with E-state index < -0.39 is 26.7 Å². The molecule has 0 spiro atoms. The first-order valence-electron chi connectivity index (χ1n) is 7.77. The molecule has 26 heavy (non-hydrogen) atoms. The molecule has 1 unspecified atom stereocenters. The largest absolute Gasteiger partial charge is 0.337 e. The third-order valence-electron chi connectivity index (χ3n) is 4.25. The zero-order valence-corrected chi connectivity index (χ0v) is 16.0. The molecule has 1 aliphatic heterocycles. The van der Waals surface area contributed by atoms with Crippen LogP contribution in [0.4, 0.5) is 5.69 Å². The summed E-state index contributed by atoms with van der Waals surface area (Å²) >= 11 is 0. The van der Waals surface area contributed by atoms with Crippen LogP contribution in [0.25, 0.3) is 0 Å². The molecule has 1 aliphatic rings. The maximum Gasteiger partial charge on any atom is 0.289 e. The summed E-state index contributed by atoms with van der Waals surface area (Å²) in [5, 5.41) is 14.5. The van der Waals surface area contributed by atoms with Crippen molar-refractivity contribution in [2.24, 2.45) is 7.05 Å². The number of nitro benzene ring substituents is 1. The summed E-state index contributed by atoms with van der Waals surface area (Å²) in [6.07, 6.45) is 3.34. The van der Waals surface area contributed by atoms with Crippen LogP contribution in [-0.2, 0) is 17.1 Å². The SMILES string of the molecule is Cc1ccc(S(=O)(=O)N2CCNCC2c2nccn2C)c([N+](=O)[O-])c1.Cl. The monoisotopic (exact) mass is 401 g/mol. The lowest BCUT2D eigenvalue weighted by Crippen LogP contribution is -2.49. The lowest BCUT2D eigenvalue weighted by molar-refractivity contribution is -0.387. The van der Waals surface area contributed by atoms with Gasteiger partial charge in [0.2, 0.25) is 0 Å². The highest BCUT2D eigenvalue weighted by Gasteiger charge is 2.39. The fourth-order valence-corrected chi connectivity index (χ4v) is 4.73. The summed E-state index contributed by atoms with van der Waals surface area (Å²) < 4.78 is 29.4. The highest BCUT2D eigenvalue weighted by molar-refractivity contribution is 7.89. The Kier molecular flexibility index (Phi) is 6.02. The average Bonchev–Trinajstić information content (AvgIpc) is 3.00. The van der Waals surface area contributed by atoms with E-state index in [-0.39, 0.29) is 23.8 Å². The van der Waals surface area contributed by atoms with Gasteiger partial charge >= 0.3 is 0 Å². The Morgan fingerprint density at radius 1 is 1.38 bits per heavy atom. The van der Waals surface area contributed by atoms with Crippen LogP contribution in [-0.4, -0.2) is 46.8 Å². The molecule has 2 heterocycles. The second-order valence-electron chi connectivity index (χ2n) is 5.96. The van der Waals surface area contributed by atoms with E-state index in [9.17, 15) is 18.5 Å². The third-order valence-corrected chi connectivity index (χ3v) is 6.20. The van der Waals surface area contributed by atoms with E-state index in [1.54, 1.807) is 37.0 Å². The van der Waals surface area contributed by atoms with E-state index in [0.717, 1.165) is 0 Å². The molecule has 1 fully saturated rings. The van der Waals surface area contributed by atoms with Gasteiger partial charge in [-0.2, -0.15) is 4.31 Å². The van der Waals surface area contributed by atoms with E-state index in [1.165, 1.54) is 16.4 Å². The molecule has 1 aromatic heterocycles. The number of hydrogen-bond donors (Lipinski definition) is 1. The molecule has 1 atom stereocenters. The number of nitrogens with zero attached hydrogens (tertiary/aromatic N) is 4. The third kappa shape index (κ3) is 3.58. The fraction of sp³-hybridized carbons (Fsp3) is 0.400. The molecule has 1 saturated heterocycles. The zero-order valence-electron chi connectivity index (χ0n) is 14.3. The van der Waals surface area contributed by atoms with Crippen LogP contribution in [0.3, 0.4) is 0 Å². The van der Waals surface area contributed by atoms with Gasteiger partial charge in [-0.25, -0.2) is 13.4 Å². The van der Waals surface area contributed by atoms with Crippen LogP contribution in [0.15, 0.2) is 35.5 Å². The van der Waals surface area contributed by atoms with Gasteiger partial charge in [-0.15, -0.1) is 12.4 Å². The molecule has 0 bridgehead atoms. The predicted molar refractivity (Wildman–Crippen MR) is 97.8 cm³/mol. The Bertz CT molecular complexity index is 915. The van der Waals surface area contributed by atoms with Crippen LogP contribution in [0.5, 0.6) is 0 Å². The predicted octanol–water partition coefficient (Wildman–Crippen LogP) is 1.39. The second-order valence-corrected chi connectivity index (χ2v) is 7.82. The number of nitro groups is 1. The van der Waals surface area contributed by atoms with Crippen LogP contribution < -0.4 is 5.32 Å². The smallest absolute Gasteiger partial charge is 0.289 e. The van der Waals surface area contributed by atoms with E-state index >= 15 is 0 Å². The Morgan fingerprint density at radius 2 is 2.12 bits per heavy atom. The molecular weight excluding hydrogens is 382 g/mol. The Hall–Kier alpha value is -2.01. The minimum atomic E-state index is -4.05. The Balaban J connectivity index is 0.00000243. The summed E-state index contributed by atoms with van der Waals surface area (Å²) in [5.74, 6) is 0.588. The fourth-order valence-electron chi connectivity index (χ4n) is 3.01. The van der Waals surface area contributed by atoms with Crippen molar-refractivity contribution in [1.82, 2.24) is 19.2 Å². The lowest BCUT2D eigenvalue weighted by atomic mass is 10.2. The number of aromatic nitrogens is 2. The molecular formula is C15H20ClN5O4S. The van der Waals surface area contributed by atoms with Gasteiger partial charge in [-0.3, -0.25) is 10.1 Å². The molecule has 1 N–H and O–H groups in total. The number of benzene rings is 1. The van der Waals surface area contributed by atoms with Gasteiger partial charge in [0.15, 0.2) is 4.90 Å². The number of sulfonamides is 1. The van der Waals surface area contributed by atoms with Crippen molar-refractivity contribution in [3.05, 3.63) is 52.1 Å². The van der Waals surface area contributed by atoms with Gasteiger partial charge in [0.05, 0.1) is 11.0 Å². The Labute approximate surface area is 157 Å². The summed E-state index contributed by atoms with van der Waals surface area (Å²) in [7, 11) is -2.26. The topological polar surface area (TPSA) is 110 Å². The first-order valence-corrected chi connectivity index (χ1v) is 9.21. The number of aryl methyl sites for hydroxylation is 2. The van der Waals surface area contributed by atoms with Gasteiger partial charge < -0.3 is 9.88 Å². The highest BCUT2D eigenvalue weighted by atomic mass is 35.5. The van der Waals surface area contributed by atoms with Crippen molar-refractivity contribution < 1.29 is 13.3 Å². The molecule has 3 rings (SSSR count). The van der Waals surface area contributed by atoms with Crippen LogP contribution in [0, 0.1) is 17.0 Å². The number of halogens is 1. The van der Waals surface area contributed by atoms with Gasteiger partial charge in [0, 0.05) is 45.1 Å². The lowest BCUT2D eigenvalue weighted by Gasteiger charge is -2.34. The van der Waals surface area contributed by atoms with Gasteiger partial charge in [0.1, 0.15) is 5.82 Å². The zero-order chi connectivity index (χ0) is 18.2. The first kappa shape index (κ1) is 20.3. The quantitative estimate of drug-likeness (QED) is 0.612.